The quantitative estimate of drug-likeness (QED) is 0.709. The van der Waals surface area contributed by atoms with Crippen molar-refractivity contribution < 1.29 is 9.59 Å². The third-order valence-electron chi connectivity index (χ3n) is 3.90. The highest BCUT2D eigenvalue weighted by atomic mass is 35.5. The van der Waals surface area contributed by atoms with E-state index in [2.05, 4.69) is 5.32 Å². The fraction of sp³-hybridized carbons (Fsp3) is 0.100. The number of rotatable bonds is 5. The summed E-state index contributed by atoms with van der Waals surface area (Å²) < 4.78 is 0. The highest BCUT2D eigenvalue weighted by Crippen LogP contribution is 2.31. The lowest BCUT2D eigenvalue weighted by molar-refractivity contribution is -0.122. The number of nitrogens with zero attached hydrogens (tertiary/aromatic N) is 1. The number of halogens is 1. The van der Waals surface area contributed by atoms with Gasteiger partial charge in [0.2, 0.25) is 0 Å². The lowest BCUT2D eigenvalue weighted by Gasteiger charge is -2.16. The van der Waals surface area contributed by atoms with Crippen LogP contribution in [0.5, 0.6) is 0 Å². The number of carbonyl (C=O) groups is 2. The molecule has 0 bridgehead atoms. The number of imide groups is 1. The van der Waals surface area contributed by atoms with Gasteiger partial charge in [-0.2, -0.15) is 0 Å². The van der Waals surface area contributed by atoms with Crippen molar-refractivity contribution in [3.8, 4) is 0 Å². The Morgan fingerprint density at radius 2 is 1.88 bits per heavy atom. The molecular weight excluding hydrogens is 368 g/mol. The topological polar surface area (TPSA) is 49.4 Å². The normalized spacial score (nSPS) is 16.1. The smallest absolute Gasteiger partial charge is 0.295 e. The van der Waals surface area contributed by atoms with Crippen LogP contribution in [0.15, 0.2) is 65.6 Å². The van der Waals surface area contributed by atoms with Crippen LogP contribution in [0.2, 0.25) is 5.02 Å². The first-order valence-corrected chi connectivity index (χ1v) is 9.22. The van der Waals surface area contributed by atoms with E-state index in [0.717, 1.165) is 28.6 Å². The van der Waals surface area contributed by atoms with Gasteiger partial charge in [0.05, 0.1) is 11.6 Å². The molecule has 2 aromatic carbocycles. The fourth-order valence-corrected chi connectivity index (χ4v) is 3.39. The third kappa shape index (κ3) is 4.18. The first-order chi connectivity index (χ1) is 12.6. The van der Waals surface area contributed by atoms with Gasteiger partial charge in [0.1, 0.15) is 0 Å². The summed E-state index contributed by atoms with van der Waals surface area (Å²) in [6, 6.07) is 15.2. The lowest BCUT2D eigenvalue weighted by Crippen LogP contribution is -2.33. The van der Waals surface area contributed by atoms with Crippen molar-refractivity contribution in [3.63, 3.8) is 0 Å². The van der Waals surface area contributed by atoms with Crippen molar-refractivity contribution in [1.29, 1.82) is 0 Å². The van der Waals surface area contributed by atoms with Gasteiger partial charge in [0.15, 0.2) is 0 Å². The molecule has 3 rings (SSSR count). The first-order valence-electron chi connectivity index (χ1n) is 8.02. The molecule has 0 aliphatic carbocycles. The van der Waals surface area contributed by atoms with Crippen LogP contribution >= 0.6 is 23.4 Å². The van der Waals surface area contributed by atoms with E-state index in [1.165, 1.54) is 4.90 Å². The van der Waals surface area contributed by atoms with Gasteiger partial charge in [-0.25, -0.2) is 0 Å². The Labute approximate surface area is 161 Å². The summed E-state index contributed by atoms with van der Waals surface area (Å²) in [6.45, 7) is 1.98. The molecule has 6 heteroatoms. The average Bonchev–Trinajstić information content (AvgIpc) is 2.91. The Kier molecular flexibility index (Phi) is 5.81. The van der Waals surface area contributed by atoms with Crippen LogP contribution in [0.25, 0.3) is 6.08 Å². The largest absolute Gasteiger partial charge is 0.367 e. The third-order valence-corrected chi connectivity index (χ3v) is 5.24. The molecule has 0 aromatic heterocycles. The molecule has 0 spiro atoms. The van der Waals surface area contributed by atoms with Gasteiger partial charge in [-0.05, 0) is 48.0 Å². The van der Waals surface area contributed by atoms with E-state index in [0.29, 0.717) is 9.93 Å². The molecule has 0 atom stereocenters. The number of allylic oxidation sites excluding steroid dienone is 2. The molecule has 1 saturated heterocycles. The number of nitrogens with one attached hydrogen (secondary N) is 1. The molecule has 1 N–H and O–H groups in total. The lowest BCUT2D eigenvalue weighted by atomic mass is 10.2. The van der Waals surface area contributed by atoms with E-state index < -0.39 is 0 Å². The number of thioether (sulfide) groups is 1. The Morgan fingerprint density at radius 3 is 2.65 bits per heavy atom. The predicted octanol–water partition coefficient (Wildman–Crippen LogP) is 5.31. The molecule has 2 aromatic rings. The van der Waals surface area contributed by atoms with Crippen LogP contribution in [0.4, 0.5) is 10.5 Å². The molecule has 132 valence electrons. The Bertz CT molecular complexity index is 894. The summed E-state index contributed by atoms with van der Waals surface area (Å²) >= 11 is 7.03. The molecule has 26 heavy (non-hydrogen) atoms. The van der Waals surface area contributed by atoms with Gasteiger partial charge in [0, 0.05) is 10.7 Å². The van der Waals surface area contributed by atoms with Gasteiger partial charge < -0.3 is 5.32 Å². The van der Waals surface area contributed by atoms with Crippen LogP contribution in [-0.2, 0) is 4.79 Å². The van der Waals surface area contributed by atoms with Gasteiger partial charge in [0.25, 0.3) is 11.1 Å². The van der Waals surface area contributed by atoms with Gasteiger partial charge in [-0.15, -0.1) is 0 Å². The minimum absolute atomic E-state index is 0.103. The summed E-state index contributed by atoms with van der Waals surface area (Å²) in [5.74, 6) is -0.301. The zero-order chi connectivity index (χ0) is 18.5. The van der Waals surface area contributed by atoms with Crippen LogP contribution in [-0.4, -0.2) is 22.7 Å². The number of hydrogen-bond donors (Lipinski definition) is 1. The van der Waals surface area contributed by atoms with Crippen molar-refractivity contribution in [3.05, 3.63) is 81.7 Å². The molecule has 0 saturated carbocycles. The van der Waals surface area contributed by atoms with Gasteiger partial charge in [-0.1, -0.05) is 60.2 Å². The van der Waals surface area contributed by atoms with Crippen molar-refractivity contribution in [2.75, 3.05) is 12.0 Å². The molecule has 0 radical (unpaired) electrons. The second-order valence-corrected chi connectivity index (χ2v) is 7.05. The molecule has 1 aliphatic rings. The van der Waals surface area contributed by atoms with Crippen molar-refractivity contribution in [2.45, 2.75) is 6.92 Å². The van der Waals surface area contributed by atoms with E-state index in [-0.39, 0.29) is 17.8 Å². The summed E-state index contributed by atoms with van der Waals surface area (Å²) in [4.78, 5) is 26.2. The summed E-state index contributed by atoms with van der Waals surface area (Å²) in [5, 5.41) is 3.44. The SMILES string of the molecule is Cc1c(Cl)cccc1NCN1C(=O)S/C(=C\C=C\c2ccccc2)C1=O. The summed E-state index contributed by atoms with van der Waals surface area (Å²) in [5.41, 5.74) is 2.70. The minimum Gasteiger partial charge on any atom is -0.367 e. The van der Waals surface area contributed by atoms with Gasteiger partial charge >= 0.3 is 0 Å². The molecule has 1 fully saturated rings. The second-order valence-electron chi connectivity index (χ2n) is 5.65. The van der Waals surface area contributed by atoms with Crippen molar-refractivity contribution in [1.82, 2.24) is 4.90 Å². The van der Waals surface area contributed by atoms with Crippen molar-refractivity contribution >= 4 is 46.3 Å². The molecule has 4 nitrogen and oxygen atoms in total. The highest BCUT2D eigenvalue weighted by molar-refractivity contribution is 8.18. The van der Waals surface area contributed by atoms with Crippen LogP contribution < -0.4 is 5.32 Å². The number of anilines is 1. The fourth-order valence-electron chi connectivity index (χ4n) is 2.42. The molecular formula is C20H17ClN2O2S. The van der Waals surface area contributed by atoms with Crippen LogP contribution in [0.1, 0.15) is 11.1 Å². The Balaban J connectivity index is 1.66. The zero-order valence-corrected chi connectivity index (χ0v) is 15.7. The molecule has 0 unspecified atom stereocenters. The highest BCUT2D eigenvalue weighted by Gasteiger charge is 2.34. The number of benzene rings is 2. The molecule has 1 heterocycles. The number of amides is 2. The van der Waals surface area contributed by atoms with E-state index in [1.807, 2.05) is 55.5 Å². The Hall–Kier alpha value is -2.50. The van der Waals surface area contributed by atoms with E-state index >= 15 is 0 Å². The van der Waals surface area contributed by atoms with Crippen LogP contribution in [0.3, 0.4) is 0 Å². The maximum atomic E-state index is 12.4. The summed E-state index contributed by atoms with van der Waals surface area (Å²) in [7, 11) is 0. The van der Waals surface area contributed by atoms with Gasteiger partial charge in [-0.3, -0.25) is 14.5 Å². The zero-order valence-electron chi connectivity index (χ0n) is 14.1. The first kappa shape index (κ1) is 18.3. The summed E-state index contributed by atoms with van der Waals surface area (Å²) in [6.07, 6.45) is 5.34. The maximum Gasteiger partial charge on any atom is 0.295 e. The Morgan fingerprint density at radius 1 is 1.12 bits per heavy atom. The van der Waals surface area contributed by atoms with Crippen LogP contribution in [0, 0.1) is 6.92 Å². The number of carbonyl (C=O) groups excluding carboxylic acids is 2. The molecule has 1 aliphatic heterocycles. The monoisotopic (exact) mass is 384 g/mol. The minimum atomic E-state index is -0.301. The van der Waals surface area contributed by atoms with E-state index in [1.54, 1.807) is 18.2 Å². The average molecular weight is 385 g/mol. The van der Waals surface area contributed by atoms with E-state index in [9.17, 15) is 9.59 Å². The standard InChI is InChI=1S/C20H17ClN2O2S/c1-14-16(21)10-6-11-17(14)22-13-23-19(24)18(26-20(23)25)12-5-9-15-7-3-2-4-8-15/h2-12,22H,13H2,1H3/b9-5+,18-12-. The number of hydrogen-bond acceptors (Lipinski definition) is 4. The predicted molar refractivity (Wildman–Crippen MR) is 108 cm³/mol. The second kappa shape index (κ2) is 8.25. The maximum absolute atomic E-state index is 12.4. The molecule has 2 amide bonds. The van der Waals surface area contributed by atoms with Crippen molar-refractivity contribution in [2.24, 2.45) is 0 Å². The van der Waals surface area contributed by atoms with E-state index in [4.69, 9.17) is 11.6 Å².